The Bertz CT molecular complexity index is 851. The maximum Gasteiger partial charge on any atom is 0.433 e. The van der Waals surface area contributed by atoms with Crippen molar-refractivity contribution in [1.82, 2.24) is 10.2 Å². The SMILES string of the molecule is O=c1oc2cc(Br)ccc2c2n[nH]c(C(F)(F)F)c12. The summed E-state index contributed by atoms with van der Waals surface area (Å²) in [5.74, 6) is 0. The van der Waals surface area contributed by atoms with Crippen LogP contribution in [-0.2, 0) is 6.18 Å². The van der Waals surface area contributed by atoms with Crippen molar-refractivity contribution in [3.63, 3.8) is 0 Å². The van der Waals surface area contributed by atoms with Gasteiger partial charge >= 0.3 is 11.8 Å². The van der Waals surface area contributed by atoms with Gasteiger partial charge in [-0.25, -0.2) is 4.79 Å². The van der Waals surface area contributed by atoms with Crippen molar-refractivity contribution in [2.45, 2.75) is 6.18 Å². The van der Waals surface area contributed by atoms with Gasteiger partial charge in [0, 0.05) is 9.86 Å². The van der Waals surface area contributed by atoms with E-state index in [2.05, 4.69) is 21.0 Å². The van der Waals surface area contributed by atoms with Crippen LogP contribution >= 0.6 is 15.9 Å². The molecule has 1 aromatic carbocycles. The lowest BCUT2D eigenvalue weighted by molar-refractivity contribution is -0.140. The summed E-state index contributed by atoms with van der Waals surface area (Å²) in [4.78, 5) is 11.7. The molecular formula is C11H4BrF3N2O2. The summed E-state index contributed by atoms with van der Waals surface area (Å²) in [7, 11) is 0. The molecular weight excluding hydrogens is 329 g/mol. The molecule has 3 aromatic rings. The van der Waals surface area contributed by atoms with Crippen molar-refractivity contribution in [2.24, 2.45) is 0 Å². The van der Waals surface area contributed by atoms with E-state index in [4.69, 9.17) is 4.42 Å². The lowest BCUT2D eigenvalue weighted by atomic mass is 10.1. The van der Waals surface area contributed by atoms with Crippen LogP contribution in [0.5, 0.6) is 0 Å². The van der Waals surface area contributed by atoms with Crippen molar-refractivity contribution >= 4 is 37.8 Å². The molecule has 0 aliphatic rings. The summed E-state index contributed by atoms with van der Waals surface area (Å²) in [6, 6.07) is 4.66. The Labute approximate surface area is 111 Å². The topological polar surface area (TPSA) is 58.9 Å². The van der Waals surface area contributed by atoms with E-state index in [0.29, 0.717) is 9.86 Å². The number of halogens is 4. The minimum Gasteiger partial charge on any atom is -0.422 e. The normalized spacial score (nSPS) is 12.4. The maximum absolute atomic E-state index is 12.7. The first-order valence-electron chi connectivity index (χ1n) is 5.05. The van der Waals surface area contributed by atoms with Crippen molar-refractivity contribution < 1.29 is 17.6 Å². The molecule has 0 saturated carbocycles. The highest BCUT2D eigenvalue weighted by Crippen LogP contribution is 2.34. The van der Waals surface area contributed by atoms with Gasteiger partial charge in [-0.05, 0) is 18.2 Å². The van der Waals surface area contributed by atoms with E-state index in [-0.39, 0.29) is 11.1 Å². The molecule has 0 spiro atoms. The van der Waals surface area contributed by atoms with Crippen LogP contribution < -0.4 is 5.63 Å². The predicted molar refractivity (Wildman–Crippen MR) is 64.8 cm³/mol. The number of aromatic amines is 1. The van der Waals surface area contributed by atoms with E-state index in [9.17, 15) is 18.0 Å². The molecule has 4 nitrogen and oxygen atoms in total. The van der Waals surface area contributed by atoms with Crippen LogP contribution in [0.4, 0.5) is 13.2 Å². The highest BCUT2D eigenvalue weighted by atomic mass is 79.9. The highest BCUT2D eigenvalue weighted by Gasteiger charge is 2.37. The van der Waals surface area contributed by atoms with Gasteiger partial charge in [-0.15, -0.1) is 0 Å². The fraction of sp³-hybridized carbons (Fsp3) is 0.0909. The van der Waals surface area contributed by atoms with Crippen molar-refractivity contribution in [3.8, 4) is 0 Å². The van der Waals surface area contributed by atoms with Crippen LogP contribution in [0.25, 0.3) is 21.9 Å². The van der Waals surface area contributed by atoms with Crippen molar-refractivity contribution in [1.29, 1.82) is 0 Å². The summed E-state index contributed by atoms with van der Waals surface area (Å²) in [5, 5.41) is 5.19. The Morgan fingerprint density at radius 3 is 2.74 bits per heavy atom. The Kier molecular flexibility index (Phi) is 2.46. The second-order valence-electron chi connectivity index (χ2n) is 3.85. The average molecular weight is 333 g/mol. The summed E-state index contributed by atoms with van der Waals surface area (Å²) < 4.78 is 43.8. The number of hydrogen-bond acceptors (Lipinski definition) is 3. The van der Waals surface area contributed by atoms with Gasteiger partial charge in [0.25, 0.3) is 0 Å². The van der Waals surface area contributed by atoms with Gasteiger partial charge in [-0.1, -0.05) is 15.9 Å². The smallest absolute Gasteiger partial charge is 0.422 e. The lowest BCUT2D eigenvalue weighted by Crippen LogP contribution is -2.10. The number of H-pyrrole nitrogens is 1. The number of rotatable bonds is 0. The number of nitrogens with zero attached hydrogens (tertiary/aromatic N) is 1. The molecule has 8 heteroatoms. The molecule has 2 heterocycles. The van der Waals surface area contributed by atoms with E-state index in [1.807, 2.05) is 5.10 Å². The maximum atomic E-state index is 12.7. The molecule has 3 rings (SSSR count). The number of fused-ring (bicyclic) bond motifs is 3. The monoisotopic (exact) mass is 332 g/mol. The standard InChI is InChI=1S/C11H4BrF3N2O2/c12-4-1-2-5-6(3-4)19-10(18)7-8(5)16-17-9(7)11(13,14)15/h1-3H,(H,16,17). The summed E-state index contributed by atoms with van der Waals surface area (Å²) in [6.07, 6.45) is -4.69. The average Bonchev–Trinajstić information content (AvgIpc) is 2.73. The lowest BCUT2D eigenvalue weighted by Gasteiger charge is -2.02. The van der Waals surface area contributed by atoms with Gasteiger partial charge in [-0.3, -0.25) is 5.10 Å². The first-order chi connectivity index (χ1) is 8.88. The molecule has 0 amide bonds. The van der Waals surface area contributed by atoms with Crippen LogP contribution in [0.1, 0.15) is 5.69 Å². The quantitative estimate of drug-likeness (QED) is 0.641. The molecule has 0 saturated heterocycles. The van der Waals surface area contributed by atoms with Gasteiger partial charge in [0.15, 0.2) is 5.69 Å². The fourth-order valence-electron chi connectivity index (χ4n) is 1.87. The molecule has 0 radical (unpaired) electrons. The number of aromatic nitrogens is 2. The molecule has 19 heavy (non-hydrogen) atoms. The first-order valence-corrected chi connectivity index (χ1v) is 5.85. The molecule has 98 valence electrons. The fourth-order valence-corrected chi connectivity index (χ4v) is 2.21. The van der Waals surface area contributed by atoms with E-state index < -0.39 is 22.9 Å². The molecule has 0 aliphatic carbocycles. The number of benzene rings is 1. The van der Waals surface area contributed by atoms with Gasteiger partial charge in [0.2, 0.25) is 0 Å². The number of alkyl halides is 3. The van der Waals surface area contributed by atoms with Crippen LogP contribution in [0.15, 0.2) is 31.9 Å². The Balaban J connectivity index is 2.52. The largest absolute Gasteiger partial charge is 0.433 e. The Morgan fingerprint density at radius 2 is 2.05 bits per heavy atom. The third-order valence-electron chi connectivity index (χ3n) is 2.66. The summed E-state index contributed by atoms with van der Waals surface area (Å²) in [6.45, 7) is 0. The van der Waals surface area contributed by atoms with E-state index in [0.717, 1.165) is 0 Å². The van der Waals surface area contributed by atoms with Gasteiger partial charge in [-0.2, -0.15) is 18.3 Å². The Hall–Kier alpha value is -1.83. The third kappa shape index (κ3) is 1.83. The van der Waals surface area contributed by atoms with E-state index in [1.54, 1.807) is 6.07 Å². The van der Waals surface area contributed by atoms with Gasteiger partial charge in [0.1, 0.15) is 16.5 Å². The second-order valence-corrected chi connectivity index (χ2v) is 4.77. The minimum absolute atomic E-state index is 0.0499. The zero-order valence-electron chi connectivity index (χ0n) is 9.01. The summed E-state index contributed by atoms with van der Waals surface area (Å²) >= 11 is 3.19. The predicted octanol–water partition coefficient (Wildman–Crippen LogP) is 3.45. The second kappa shape index (κ2) is 3.83. The molecule has 0 aliphatic heterocycles. The minimum atomic E-state index is -4.69. The zero-order valence-corrected chi connectivity index (χ0v) is 10.6. The van der Waals surface area contributed by atoms with Gasteiger partial charge < -0.3 is 4.42 Å². The summed E-state index contributed by atoms with van der Waals surface area (Å²) in [5.41, 5.74) is -2.14. The molecule has 0 bridgehead atoms. The third-order valence-corrected chi connectivity index (χ3v) is 3.15. The number of nitrogens with one attached hydrogen (secondary N) is 1. The molecule has 0 fully saturated rings. The molecule has 0 atom stereocenters. The zero-order chi connectivity index (χ0) is 13.8. The van der Waals surface area contributed by atoms with Crippen LogP contribution in [0.2, 0.25) is 0 Å². The van der Waals surface area contributed by atoms with E-state index in [1.165, 1.54) is 12.1 Å². The van der Waals surface area contributed by atoms with Gasteiger partial charge in [0.05, 0.1) is 0 Å². The molecule has 1 N–H and O–H groups in total. The van der Waals surface area contributed by atoms with Crippen LogP contribution in [-0.4, -0.2) is 10.2 Å². The molecule has 0 unspecified atom stereocenters. The van der Waals surface area contributed by atoms with Crippen LogP contribution in [0, 0.1) is 0 Å². The van der Waals surface area contributed by atoms with Crippen molar-refractivity contribution in [3.05, 3.63) is 38.8 Å². The Morgan fingerprint density at radius 1 is 1.32 bits per heavy atom. The van der Waals surface area contributed by atoms with Crippen LogP contribution in [0.3, 0.4) is 0 Å². The molecule has 2 aromatic heterocycles. The highest BCUT2D eigenvalue weighted by molar-refractivity contribution is 9.10. The van der Waals surface area contributed by atoms with E-state index >= 15 is 0 Å². The first kappa shape index (κ1) is 12.2. The number of hydrogen-bond donors (Lipinski definition) is 1. The van der Waals surface area contributed by atoms with Crippen molar-refractivity contribution in [2.75, 3.05) is 0 Å².